The molecule has 3 N–H and O–H groups in total. The molecule has 0 bridgehead atoms. The van der Waals surface area contributed by atoms with Gasteiger partial charge in [0, 0.05) is 30.7 Å². The number of hydrogen-bond acceptors (Lipinski definition) is 10. The third-order valence-electron chi connectivity index (χ3n) is 6.21. The number of phenolic OH excluding ortho intramolecular Hbond substituents is 1. The number of aromatic hydroxyl groups is 1. The van der Waals surface area contributed by atoms with Gasteiger partial charge in [-0.3, -0.25) is 14.4 Å². The van der Waals surface area contributed by atoms with Crippen LogP contribution >= 0.6 is 23.2 Å². The first kappa shape index (κ1) is 35.2. The predicted octanol–water partition coefficient (Wildman–Crippen LogP) is 3.81. The topological polar surface area (TPSA) is 172 Å². The van der Waals surface area contributed by atoms with Crippen molar-refractivity contribution < 1.29 is 38.5 Å². The molecule has 2 aromatic rings. The van der Waals surface area contributed by atoms with Gasteiger partial charge in [0.15, 0.2) is 0 Å². The molecule has 14 nitrogen and oxygen atoms in total. The van der Waals surface area contributed by atoms with Crippen molar-refractivity contribution in [1.82, 2.24) is 25.4 Å². The summed E-state index contributed by atoms with van der Waals surface area (Å²) >= 11 is 12.1. The number of phenols is 1. The Labute approximate surface area is 270 Å². The fraction of sp³-hybridized carbons (Fsp3) is 0.448. The maximum atomic E-state index is 13.2. The van der Waals surface area contributed by atoms with Crippen molar-refractivity contribution in [2.75, 3.05) is 40.4 Å². The van der Waals surface area contributed by atoms with Gasteiger partial charge >= 0.3 is 12.1 Å². The van der Waals surface area contributed by atoms with E-state index in [9.17, 15) is 24.3 Å². The molecule has 3 rings (SSSR count). The SMILES string of the molecule is CCOC(=O)CC(NC(=O)CNC(=O)c1cc(N=C2N(C)CCN2C(=O)OC(C)(C)C)cnc1OC)c1cc(Cl)cc(Cl)c1O. The van der Waals surface area contributed by atoms with Crippen molar-refractivity contribution in [3.8, 4) is 11.6 Å². The van der Waals surface area contributed by atoms with E-state index in [1.807, 2.05) is 0 Å². The Morgan fingerprint density at radius 2 is 1.87 bits per heavy atom. The number of rotatable bonds is 10. The van der Waals surface area contributed by atoms with Crippen molar-refractivity contribution >= 4 is 58.7 Å². The van der Waals surface area contributed by atoms with Crippen molar-refractivity contribution in [3.63, 3.8) is 0 Å². The van der Waals surface area contributed by atoms with E-state index in [4.69, 9.17) is 37.4 Å². The molecule has 0 radical (unpaired) electrons. The van der Waals surface area contributed by atoms with Crippen LogP contribution < -0.4 is 15.4 Å². The minimum absolute atomic E-state index is 0.0284. The summed E-state index contributed by atoms with van der Waals surface area (Å²) in [6, 6.07) is 3.00. The largest absolute Gasteiger partial charge is 0.506 e. The highest BCUT2D eigenvalue weighted by atomic mass is 35.5. The third-order valence-corrected chi connectivity index (χ3v) is 6.72. The normalized spacial score (nSPS) is 14.6. The summed E-state index contributed by atoms with van der Waals surface area (Å²) in [4.78, 5) is 62.9. The lowest BCUT2D eigenvalue weighted by atomic mass is 10.0. The van der Waals surface area contributed by atoms with Gasteiger partial charge in [0.1, 0.15) is 16.9 Å². The maximum Gasteiger partial charge on any atom is 0.417 e. The van der Waals surface area contributed by atoms with Gasteiger partial charge in [-0.1, -0.05) is 23.2 Å². The smallest absolute Gasteiger partial charge is 0.417 e. The van der Waals surface area contributed by atoms with Gasteiger partial charge in [-0.15, -0.1) is 0 Å². The minimum Gasteiger partial charge on any atom is -0.506 e. The fourth-order valence-corrected chi connectivity index (χ4v) is 4.72. The molecule has 16 heteroatoms. The number of methoxy groups -OCH3 is 1. The number of guanidine groups is 1. The summed E-state index contributed by atoms with van der Waals surface area (Å²) in [5.74, 6) is -2.15. The molecule has 1 unspecified atom stereocenters. The number of carbonyl (C=O) groups is 4. The monoisotopic (exact) mass is 666 g/mol. The van der Waals surface area contributed by atoms with Crippen LogP contribution in [0.2, 0.25) is 10.0 Å². The second kappa shape index (κ2) is 15.1. The number of esters is 1. The number of nitrogens with one attached hydrogen (secondary N) is 2. The van der Waals surface area contributed by atoms with E-state index < -0.39 is 42.1 Å². The van der Waals surface area contributed by atoms with Gasteiger partial charge in [-0.05, 0) is 45.9 Å². The number of halogens is 2. The molecule has 3 amide bonds. The molecule has 244 valence electrons. The number of pyridine rings is 1. The molecule has 1 saturated heterocycles. The van der Waals surface area contributed by atoms with Gasteiger partial charge in [0.2, 0.25) is 17.7 Å². The lowest BCUT2D eigenvalue weighted by Gasteiger charge is -2.25. The number of amides is 3. The average molecular weight is 668 g/mol. The van der Waals surface area contributed by atoms with Gasteiger partial charge in [0.05, 0.1) is 49.6 Å². The summed E-state index contributed by atoms with van der Waals surface area (Å²) in [6.07, 6.45) is 0.468. The lowest BCUT2D eigenvalue weighted by Crippen LogP contribution is -2.40. The first-order valence-electron chi connectivity index (χ1n) is 13.9. The summed E-state index contributed by atoms with van der Waals surface area (Å²) in [5.41, 5.74) is -0.400. The number of hydrogen-bond donors (Lipinski definition) is 3. The van der Waals surface area contributed by atoms with Gasteiger partial charge in [-0.2, -0.15) is 0 Å². The number of likely N-dealkylation sites (N-methyl/N-ethyl adjacent to an activating group) is 1. The van der Waals surface area contributed by atoms with Crippen LogP contribution in [0.1, 0.15) is 56.1 Å². The van der Waals surface area contributed by atoms with Gasteiger partial charge in [-0.25, -0.2) is 19.7 Å². The van der Waals surface area contributed by atoms with Crippen molar-refractivity contribution in [2.45, 2.75) is 45.8 Å². The zero-order chi connectivity index (χ0) is 33.5. The summed E-state index contributed by atoms with van der Waals surface area (Å²) in [5, 5.41) is 15.7. The Morgan fingerprint density at radius 3 is 2.51 bits per heavy atom. The highest BCUT2D eigenvalue weighted by molar-refractivity contribution is 6.35. The van der Waals surface area contributed by atoms with Crippen LogP contribution in [0, 0.1) is 0 Å². The van der Waals surface area contributed by atoms with Crippen molar-refractivity contribution in [1.29, 1.82) is 0 Å². The Hall–Kier alpha value is -4.30. The molecule has 1 aliphatic rings. The van der Waals surface area contributed by atoms with Gasteiger partial charge in [0.25, 0.3) is 5.91 Å². The van der Waals surface area contributed by atoms with Crippen LogP contribution in [0.15, 0.2) is 29.4 Å². The molecule has 1 aromatic carbocycles. The van der Waals surface area contributed by atoms with Crippen LogP contribution in [0.4, 0.5) is 10.5 Å². The molecule has 0 spiro atoms. The summed E-state index contributed by atoms with van der Waals surface area (Å²) in [7, 11) is 3.09. The summed E-state index contributed by atoms with van der Waals surface area (Å²) in [6.45, 7) is 7.36. The Bertz CT molecular complexity index is 1480. The standard InChI is InChI=1S/C29H36Cl2N6O8/c1-7-44-23(39)13-21(18-10-16(30)11-20(31)24(18)40)35-22(38)15-32-25(41)19-12-17(14-33-26(19)43-6)34-27-36(5)8-9-37(27)28(42)45-29(2,3)4/h10-12,14,21,40H,7-9,13,15H2,1-6H3,(H,32,41)(H,35,38). The molecule has 1 aromatic heterocycles. The predicted molar refractivity (Wildman–Crippen MR) is 166 cm³/mol. The summed E-state index contributed by atoms with van der Waals surface area (Å²) < 4.78 is 15.7. The molecule has 0 saturated carbocycles. The fourth-order valence-electron chi connectivity index (χ4n) is 4.21. The molecular weight excluding hydrogens is 631 g/mol. The van der Waals surface area contributed by atoms with Crippen molar-refractivity contribution in [2.24, 2.45) is 4.99 Å². The van der Waals surface area contributed by atoms with E-state index in [1.54, 1.807) is 39.6 Å². The minimum atomic E-state index is -1.07. The molecule has 1 fully saturated rings. The third kappa shape index (κ3) is 9.59. The molecule has 1 atom stereocenters. The Kier molecular flexibility index (Phi) is 11.8. The number of carbonyl (C=O) groups excluding carboxylic acids is 4. The number of ether oxygens (including phenoxy) is 3. The van der Waals surface area contributed by atoms with Crippen LogP contribution in [0.3, 0.4) is 0 Å². The average Bonchev–Trinajstić information content (AvgIpc) is 3.32. The first-order chi connectivity index (χ1) is 21.1. The van der Waals surface area contributed by atoms with E-state index in [0.717, 1.165) is 0 Å². The second-order valence-electron chi connectivity index (χ2n) is 10.9. The molecule has 0 aliphatic carbocycles. The van der Waals surface area contributed by atoms with Crippen molar-refractivity contribution in [3.05, 3.63) is 45.6 Å². The van der Waals surface area contributed by atoms with Crippen LogP contribution in [0.5, 0.6) is 11.6 Å². The van der Waals surface area contributed by atoms with E-state index in [2.05, 4.69) is 20.6 Å². The molecule has 2 heterocycles. The molecule has 45 heavy (non-hydrogen) atoms. The molecule has 1 aliphatic heterocycles. The van der Waals surface area contributed by atoms with Crippen LogP contribution in [-0.2, 0) is 19.1 Å². The Morgan fingerprint density at radius 1 is 1.16 bits per heavy atom. The maximum absolute atomic E-state index is 13.2. The number of aliphatic imine (C=N–C) groups is 1. The highest BCUT2D eigenvalue weighted by Crippen LogP contribution is 2.36. The first-order valence-corrected chi connectivity index (χ1v) is 14.6. The van der Waals surface area contributed by atoms with Gasteiger partial charge < -0.3 is 34.9 Å². The van der Waals surface area contributed by atoms with Crippen LogP contribution in [-0.4, -0.2) is 95.7 Å². The zero-order valence-electron chi connectivity index (χ0n) is 25.8. The van der Waals surface area contributed by atoms with E-state index >= 15 is 0 Å². The zero-order valence-corrected chi connectivity index (χ0v) is 27.3. The number of aromatic nitrogens is 1. The second-order valence-corrected chi connectivity index (χ2v) is 11.7. The highest BCUT2D eigenvalue weighted by Gasteiger charge is 2.33. The quantitative estimate of drug-likeness (QED) is 0.317. The Balaban J connectivity index is 1.79. The number of benzene rings is 1. The molecular formula is C29H36Cl2N6O8. The lowest BCUT2D eigenvalue weighted by molar-refractivity contribution is -0.143. The number of nitrogens with zero attached hydrogens (tertiary/aromatic N) is 4. The van der Waals surface area contributed by atoms with E-state index in [0.29, 0.717) is 19.0 Å². The van der Waals surface area contributed by atoms with E-state index in [1.165, 1.54) is 36.4 Å². The van der Waals surface area contributed by atoms with Crippen LogP contribution in [0.25, 0.3) is 0 Å². The van der Waals surface area contributed by atoms with E-state index in [-0.39, 0.29) is 51.5 Å².